The van der Waals surface area contributed by atoms with Gasteiger partial charge in [0.05, 0.1) is 6.04 Å². The van der Waals surface area contributed by atoms with Crippen LogP contribution in [0.1, 0.15) is 50.2 Å². The topological polar surface area (TPSA) is 221 Å². The van der Waals surface area contributed by atoms with Gasteiger partial charge in [0.1, 0.15) is 18.1 Å². The van der Waals surface area contributed by atoms with E-state index in [0.717, 1.165) is 17.5 Å². The third-order valence-corrected chi connectivity index (χ3v) is 6.64. The van der Waals surface area contributed by atoms with Crippen LogP contribution in [0.15, 0.2) is 65.7 Å². The smallest absolute Gasteiger partial charge is 0.243 e. The molecule has 2 aromatic carbocycles. The molecular weight excluding hydrogens is 536 g/mol. The Labute approximate surface area is 247 Å². The van der Waals surface area contributed by atoms with Gasteiger partial charge >= 0.3 is 0 Å². The number of unbranched alkanes of at least 4 members (excludes halogenated alkanes) is 1. The molecule has 0 heterocycles. The molecule has 0 unspecified atom stereocenters. The Hall–Kier alpha value is -4.45. The van der Waals surface area contributed by atoms with Crippen molar-refractivity contribution in [2.45, 2.75) is 76.0 Å². The van der Waals surface area contributed by atoms with E-state index in [4.69, 9.17) is 22.9 Å². The molecule has 4 atom stereocenters. The van der Waals surface area contributed by atoms with Gasteiger partial charge in [-0.2, -0.15) is 0 Å². The van der Waals surface area contributed by atoms with Gasteiger partial charge in [0.15, 0.2) is 5.96 Å². The van der Waals surface area contributed by atoms with E-state index in [1.54, 1.807) is 0 Å². The second-order valence-electron chi connectivity index (χ2n) is 10.2. The molecule has 0 aliphatic carbocycles. The molecule has 11 N–H and O–H groups in total. The molecule has 0 saturated heterocycles. The summed E-state index contributed by atoms with van der Waals surface area (Å²) in [6, 6.07) is 14.8. The fourth-order valence-corrected chi connectivity index (χ4v) is 4.31. The van der Waals surface area contributed by atoms with Crippen molar-refractivity contribution in [1.29, 1.82) is 0 Å². The third-order valence-electron chi connectivity index (χ3n) is 6.64. The minimum Gasteiger partial charge on any atom is -0.370 e. The lowest BCUT2D eigenvalue weighted by molar-refractivity contribution is -0.133. The van der Waals surface area contributed by atoms with Crippen molar-refractivity contribution >= 4 is 29.6 Å². The Kier molecular flexibility index (Phi) is 14.5. The number of hydrogen-bond acceptors (Lipinski definition) is 6. The molecule has 0 aliphatic heterocycles. The van der Waals surface area contributed by atoms with Gasteiger partial charge in [-0.25, -0.2) is 0 Å². The van der Waals surface area contributed by atoms with Crippen LogP contribution in [-0.4, -0.2) is 60.3 Å². The maximum atomic E-state index is 13.6. The first-order valence-electron chi connectivity index (χ1n) is 14.2. The Morgan fingerprint density at radius 1 is 0.690 bits per heavy atom. The number of aliphatic imine (C=N–C) groups is 1. The maximum Gasteiger partial charge on any atom is 0.243 e. The minimum absolute atomic E-state index is 0.0739. The molecule has 12 heteroatoms. The first-order valence-corrected chi connectivity index (χ1v) is 14.2. The van der Waals surface area contributed by atoms with Crippen LogP contribution in [0.2, 0.25) is 0 Å². The highest BCUT2D eigenvalue weighted by Gasteiger charge is 2.30. The first-order chi connectivity index (χ1) is 20.1. The Balaban J connectivity index is 2.16. The van der Waals surface area contributed by atoms with E-state index >= 15 is 0 Å². The number of nitrogens with one attached hydrogen (secondary N) is 3. The number of nitrogens with zero attached hydrogens (tertiary/aromatic N) is 1. The normalized spacial score (nSPS) is 13.6. The summed E-state index contributed by atoms with van der Waals surface area (Å²) in [7, 11) is 0. The second-order valence-corrected chi connectivity index (χ2v) is 10.2. The number of carbonyl (C=O) groups is 4. The average molecular weight is 581 g/mol. The monoisotopic (exact) mass is 580 g/mol. The van der Waals surface area contributed by atoms with E-state index in [-0.39, 0.29) is 25.3 Å². The Bertz CT molecular complexity index is 1170. The number of primary amides is 1. The van der Waals surface area contributed by atoms with Crippen molar-refractivity contribution in [2.75, 3.05) is 6.54 Å². The molecule has 0 radical (unpaired) electrons. The van der Waals surface area contributed by atoms with Gasteiger partial charge in [-0.1, -0.05) is 80.4 Å². The zero-order valence-electron chi connectivity index (χ0n) is 24.1. The predicted octanol–water partition coefficient (Wildman–Crippen LogP) is -0.0174. The molecule has 228 valence electrons. The zero-order valence-corrected chi connectivity index (χ0v) is 24.1. The van der Waals surface area contributed by atoms with Crippen molar-refractivity contribution in [1.82, 2.24) is 16.0 Å². The van der Waals surface area contributed by atoms with E-state index in [1.807, 2.05) is 67.6 Å². The molecule has 2 rings (SSSR count). The van der Waals surface area contributed by atoms with Gasteiger partial charge in [-0.05, 0) is 36.8 Å². The fourth-order valence-electron chi connectivity index (χ4n) is 4.31. The van der Waals surface area contributed by atoms with E-state index in [2.05, 4.69) is 20.9 Å². The lowest BCUT2D eigenvalue weighted by atomic mass is 10.0. The van der Waals surface area contributed by atoms with Crippen LogP contribution in [0.5, 0.6) is 0 Å². The van der Waals surface area contributed by atoms with Gasteiger partial charge in [0.2, 0.25) is 23.6 Å². The van der Waals surface area contributed by atoms with E-state index in [1.165, 1.54) is 0 Å². The lowest BCUT2D eigenvalue weighted by Crippen LogP contribution is -2.58. The standard InChI is InChI=1S/C30H44N8O4/c1-2-3-15-24(28(41)36-23(26(32)39)16-10-17-35-30(33)34)37-29(42)25(19-21-13-8-5-9-14-21)38-27(40)22(31)18-20-11-6-4-7-12-20/h4-9,11-14,22-25H,2-3,10,15-19,31H2,1H3,(H2,32,39)(H,36,41)(H,37,42)(H,38,40)(H4,33,34,35)/t22-,23-,24+,25-/m0/s1. The van der Waals surface area contributed by atoms with Crippen molar-refractivity contribution in [2.24, 2.45) is 27.9 Å². The van der Waals surface area contributed by atoms with Crippen LogP contribution < -0.4 is 38.9 Å². The Morgan fingerprint density at radius 3 is 1.74 bits per heavy atom. The van der Waals surface area contributed by atoms with Crippen LogP contribution in [0, 0.1) is 0 Å². The number of guanidine groups is 1. The summed E-state index contributed by atoms with van der Waals surface area (Å²) < 4.78 is 0. The summed E-state index contributed by atoms with van der Waals surface area (Å²) in [5, 5.41) is 8.20. The maximum absolute atomic E-state index is 13.6. The van der Waals surface area contributed by atoms with Gasteiger partial charge in [-0.3, -0.25) is 24.2 Å². The molecule has 4 amide bonds. The molecule has 0 spiro atoms. The Morgan fingerprint density at radius 2 is 1.19 bits per heavy atom. The number of benzene rings is 2. The molecule has 0 aliphatic rings. The van der Waals surface area contributed by atoms with Gasteiger partial charge < -0.3 is 38.9 Å². The van der Waals surface area contributed by atoms with Crippen molar-refractivity contribution < 1.29 is 19.2 Å². The van der Waals surface area contributed by atoms with E-state index in [0.29, 0.717) is 25.7 Å². The minimum atomic E-state index is -0.995. The summed E-state index contributed by atoms with van der Waals surface area (Å²) in [4.78, 5) is 55.8. The van der Waals surface area contributed by atoms with E-state index in [9.17, 15) is 19.2 Å². The summed E-state index contributed by atoms with van der Waals surface area (Å²) in [5.41, 5.74) is 24.1. The molecule has 42 heavy (non-hydrogen) atoms. The van der Waals surface area contributed by atoms with Crippen LogP contribution >= 0.6 is 0 Å². The van der Waals surface area contributed by atoms with Gasteiger partial charge in [-0.15, -0.1) is 0 Å². The zero-order chi connectivity index (χ0) is 30.9. The number of nitrogens with two attached hydrogens (primary N) is 4. The molecular formula is C30H44N8O4. The summed E-state index contributed by atoms with van der Waals surface area (Å²) in [6.07, 6.45) is 2.86. The van der Waals surface area contributed by atoms with Crippen molar-refractivity contribution in [3.63, 3.8) is 0 Å². The van der Waals surface area contributed by atoms with Crippen LogP contribution in [0.3, 0.4) is 0 Å². The van der Waals surface area contributed by atoms with Crippen LogP contribution in [-0.2, 0) is 32.0 Å². The number of carbonyl (C=O) groups excluding carboxylic acids is 4. The summed E-state index contributed by atoms with van der Waals surface area (Å²) in [6.45, 7) is 2.23. The van der Waals surface area contributed by atoms with E-state index < -0.39 is 47.8 Å². The number of rotatable bonds is 18. The number of hydrogen-bond donors (Lipinski definition) is 7. The van der Waals surface area contributed by atoms with Crippen LogP contribution in [0.25, 0.3) is 0 Å². The highest BCUT2D eigenvalue weighted by molar-refractivity contribution is 5.94. The first kappa shape index (κ1) is 33.8. The number of amides is 4. The molecule has 0 bridgehead atoms. The fraction of sp³-hybridized carbons (Fsp3) is 0.433. The quantitative estimate of drug-likeness (QED) is 0.0725. The lowest BCUT2D eigenvalue weighted by Gasteiger charge is -2.25. The second kappa shape index (κ2) is 18.1. The largest absolute Gasteiger partial charge is 0.370 e. The average Bonchev–Trinajstić information content (AvgIpc) is 2.96. The van der Waals surface area contributed by atoms with Crippen molar-refractivity contribution in [3.05, 3.63) is 71.8 Å². The summed E-state index contributed by atoms with van der Waals surface area (Å²) in [5.74, 6) is -2.36. The van der Waals surface area contributed by atoms with Gasteiger partial charge in [0.25, 0.3) is 0 Å². The van der Waals surface area contributed by atoms with Crippen LogP contribution in [0.4, 0.5) is 0 Å². The predicted molar refractivity (Wildman–Crippen MR) is 163 cm³/mol. The van der Waals surface area contributed by atoms with Gasteiger partial charge in [0, 0.05) is 13.0 Å². The highest BCUT2D eigenvalue weighted by atomic mass is 16.2. The third kappa shape index (κ3) is 12.4. The van der Waals surface area contributed by atoms with Crippen molar-refractivity contribution in [3.8, 4) is 0 Å². The molecule has 0 aromatic heterocycles. The summed E-state index contributed by atoms with van der Waals surface area (Å²) >= 11 is 0. The molecule has 12 nitrogen and oxygen atoms in total. The molecule has 0 saturated carbocycles. The molecule has 2 aromatic rings. The molecule has 0 fully saturated rings. The SMILES string of the molecule is CCCC[C@@H](NC(=O)[C@H](Cc1ccccc1)NC(=O)[C@@H](N)Cc1ccccc1)C(=O)N[C@@H](CCCN=C(N)N)C(N)=O. The highest BCUT2D eigenvalue weighted by Crippen LogP contribution is 2.09.